The number of hydrogen-bond donors (Lipinski definition) is 1. The molecular weight excluding hydrogens is 248 g/mol. The molecule has 0 saturated carbocycles. The second-order valence-corrected chi connectivity index (χ2v) is 4.49. The Morgan fingerprint density at radius 2 is 1.67 bits per heavy atom. The molecule has 0 aromatic heterocycles. The molecule has 3 heteroatoms. The van der Waals surface area contributed by atoms with Gasteiger partial charge in [-0.1, -0.05) is 54.1 Å². The summed E-state index contributed by atoms with van der Waals surface area (Å²) in [6.45, 7) is 0.235. The lowest BCUT2D eigenvalue weighted by molar-refractivity contribution is 0.108. The van der Waals surface area contributed by atoms with Crippen molar-refractivity contribution >= 4 is 11.6 Å². The van der Waals surface area contributed by atoms with Gasteiger partial charge in [-0.25, -0.2) is 0 Å². The van der Waals surface area contributed by atoms with Gasteiger partial charge >= 0.3 is 0 Å². The van der Waals surface area contributed by atoms with E-state index in [1.54, 1.807) is 12.1 Å². The van der Waals surface area contributed by atoms with Crippen LogP contribution in [0.15, 0.2) is 54.6 Å². The van der Waals surface area contributed by atoms with E-state index in [1.165, 1.54) is 0 Å². The van der Waals surface area contributed by atoms with Gasteiger partial charge < -0.3 is 9.84 Å². The van der Waals surface area contributed by atoms with Crippen LogP contribution in [0.3, 0.4) is 0 Å². The molecule has 1 N–H and O–H groups in total. The molecule has 2 nitrogen and oxygen atoms in total. The van der Waals surface area contributed by atoms with Crippen LogP contribution in [0.2, 0.25) is 5.02 Å². The Morgan fingerprint density at radius 3 is 2.39 bits per heavy atom. The topological polar surface area (TPSA) is 29.5 Å². The Bertz CT molecular complexity index is 485. The molecule has 0 aliphatic heterocycles. The van der Waals surface area contributed by atoms with Crippen molar-refractivity contribution in [2.24, 2.45) is 0 Å². The molecule has 0 saturated heterocycles. The summed E-state index contributed by atoms with van der Waals surface area (Å²) in [5.41, 5.74) is 1.09. The van der Waals surface area contributed by atoms with E-state index in [4.69, 9.17) is 16.3 Å². The summed E-state index contributed by atoms with van der Waals surface area (Å²) in [5, 5.41) is 10.4. The molecule has 0 radical (unpaired) electrons. The minimum absolute atomic E-state index is 0.235. The third-order valence-electron chi connectivity index (χ3n) is 2.58. The van der Waals surface area contributed by atoms with Crippen molar-refractivity contribution in [3.05, 3.63) is 65.2 Å². The monoisotopic (exact) mass is 262 g/mol. The number of ether oxygens (including phenoxy) is 1. The average molecular weight is 263 g/mol. The number of benzene rings is 2. The van der Waals surface area contributed by atoms with Crippen LogP contribution in [0.5, 0.6) is 5.75 Å². The van der Waals surface area contributed by atoms with E-state index in [-0.39, 0.29) is 6.61 Å². The van der Waals surface area contributed by atoms with Gasteiger partial charge in [0.05, 0.1) is 11.1 Å². The number of para-hydroxylation sites is 1. The molecule has 0 aliphatic rings. The molecule has 0 bridgehead atoms. The molecule has 0 aliphatic carbocycles. The summed E-state index contributed by atoms with van der Waals surface area (Å²) in [6.07, 6.45) is 0.0364. The minimum Gasteiger partial charge on any atom is -0.489 e. The maximum atomic E-state index is 9.89. The highest BCUT2D eigenvalue weighted by Crippen LogP contribution is 2.23. The summed E-state index contributed by atoms with van der Waals surface area (Å²) in [4.78, 5) is 0. The lowest BCUT2D eigenvalue weighted by Gasteiger charge is -2.13. The highest BCUT2D eigenvalue weighted by Gasteiger charge is 2.07. The third-order valence-corrected chi connectivity index (χ3v) is 2.89. The molecule has 0 fully saturated rings. The smallest absolute Gasteiger partial charge is 0.138 e. The molecule has 2 aromatic rings. The van der Waals surface area contributed by atoms with Gasteiger partial charge in [0.25, 0.3) is 0 Å². The van der Waals surface area contributed by atoms with Crippen LogP contribution in [0.25, 0.3) is 0 Å². The van der Waals surface area contributed by atoms with E-state index < -0.39 is 6.10 Å². The number of aliphatic hydroxyl groups excluding tert-OH is 1. The lowest BCUT2D eigenvalue weighted by Crippen LogP contribution is -2.20. The highest BCUT2D eigenvalue weighted by atomic mass is 35.5. The third kappa shape index (κ3) is 3.76. The van der Waals surface area contributed by atoms with Gasteiger partial charge in [-0.05, 0) is 17.7 Å². The van der Waals surface area contributed by atoms with Crippen LogP contribution < -0.4 is 4.74 Å². The van der Waals surface area contributed by atoms with Crippen LogP contribution in [0, 0.1) is 0 Å². The summed E-state index contributed by atoms with van der Waals surface area (Å²) < 4.78 is 5.49. The molecule has 1 atom stereocenters. The number of rotatable bonds is 5. The zero-order chi connectivity index (χ0) is 12.8. The second-order valence-electron chi connectivity index (χ2n) is 4.08. The van der Waals surface area contributed by atoms with Gasteiger partial charge in [0, 0.05) is 6.42 Å². The Kier molecular flexibility index (Phi) is 4.62. The van der Waals surface area contributed by atoms with Crippen molar-refractivity contribution in [3.63, 3.8) is 0 Å². The fraction of sp³-hybridized carbons (Fsp3) is 0.200. The van der Waals surface area contributed by atoms with E-state index in [1.807, 2.05) is 42.5 Å². The first-order chi connectivity index (χ1) is 8.75. The molecule has 0 amide bonds. The lowest BCUT2D eigenvalue weighted by atomic mass is 10.1. The van der Waals surface area contributed by atoms with Crippen LogP contribution in [-0.4, -0.2) is 17.8 Å². The van der Waals surface area contributed by atoms with E-state index >= 15 is 0 Å². The molecule has 0 heterocycles. The Labute approximate surface area is 112 Å². The molecule has 94 valence electrons. The molecule has 2 rings (SSSR count). The standard InChI is InChI=1S/C15H15ClO2/c16-14-8-4-5-9-15(14)18-11-13(17)10-12-6-2-1-3-7-12/h1-9,13,17H,10-11H2. The van der Waals surface area contributed by atoms with Crippen molar-refractivity contribution in [2.75, 3.05) is 6.61 Å². The first-order valence-electron chi connectivity index (χ1n) is 5.85. The van der Waals surface area contributed by atoms with Crippen LogP contribution in [-0.2, 0) is 6.42 Å². The molecule has 18 heavy (non-hydrogen) atoms. The molecular formula is C15H15ClO2. The van der Waals surface area contributed by atoms with Gasteiger partial charge in [-0.15, -0.1) is 0 Å². The van der Waals surface area contributed by atoms with Gasteiger partial charge in [0.2, 0.25) is 0 Å². The first-order valence-corrected chi connectivity index (χ1v) is 6.23. The highest BCUT2D eigenvalue weighted by molar-refractivity contribution is 6.32. The van der Waals surface area contributed by atoms with Crippen LogP contribution in [0.4, 0.5) is 0 Å². The minimum atomic E-state index is -0.538. The van der Waals surface area contributed by atoms with Crippen LogP contribution in [0.1, 0.15) is 5.56 Å². The van der Waals surface area contributed by atoms with E-state index in [0.717, 1.165) is 5.56 Å². The Balaban J connectivity index is 1.86. The Morgan fingerprint density at radius 1 is 1.00 bits per heavy atom. The molecule has 0 spiro atoms. The van der Waals surface area contributed by atoms with Crippen molar-refractivity contribution < 1.29 is 9.84 Å². The van der Waals surface area contributed by atoms with Gasteiger partial charge in [-0.2, -0.15) is 0 Å². The molecule has 2 aromatic carbocycles. The van der Waals surface area contributed by atoms with Gasteiger partial charge in [0.1, 0.15) is 12.4 Å². The quantitative estimate of drug-likeness (QED) is 0.896. The fourth-order valence-electron chi connectivity index (χ4n) is 1.69. The van der Waals surface area contributed by atoms with Crippen molar-refractivity contribution in [1.29, 1.82) is 0 Å². The molecule has 1 unspecified atom stereocenters. The van der Waals surface area contributed by atoms with Crippen molar-refractivity contribution in [2.45, 2.75) is 12.5 Å². The maximum absolute atomic E-state index is 9.89. The summed E-state index contributed by atoms with van der Waals surface area (Å²) in [6, 6.07) is 17.1. The van der Waals surface area contributed by atoms with E-state index in [2.05, 4.69) is 0 Å². The average Bonchev–Trinajstić information content (AvgIpc) is 2.39. The van der Waals surface area contributed by atoms with Gasteiger partial charge in [0.15, 0.2) is 0 Å². The second kappa shape index (κ2) is 6.43. The largest absolute Gasteiger partial charge is 0.489 e. The summed E-state index contributed by atoms with van der Waals surface area (Å²) in [5.74, 6) is 0.603. The van der Waals surface area contributed by atoms with Crippen LogP contribution >= 0.6 is 11.6 Å². The zero-order valence-electron chi connectivity index (χ0n) is 9.92. The van der Waals surface area contributed by atoms with Crippen molar-refractivity contribution in [1.82, 2.24) is 0 Å². The fourth-order valence-corrected chi connectivity index (χ4v) is 1.88. The number of hydrogen-bond acceptors (Lipinski definition) is 2. The van der Waals surface area contributed by atoms with Crippen molar-refractivity contribution in [3.8, 4) is 5.75 Å². The normalized spacial score (nSPS) is 12.1. The van der Waals surface area contributed by atoms with E-state index in [9.17, 15) is 5.11 Å². The summed E-state index contributed by atoms with van der Waals surface area (Å²) >= 11 is 5.96. The van der Waals surface area contributed by atoms with E-state index in [0.29, 0.717) is 17.2 Å². The summed E-state index contributed by atoms with van der Waals surface area (Å²) in [7, 11) is 0. The van der Waals surface area contributed by atoms with Gasteiger partial charge in [-0.3, -0.25) is 0 Å². The predicted molar refractivity (Wildman–Crippen MR) is 73.1 cm³/mol. The first kappa shape index (κ1) is 12.9. The SMILES string of the molecule is OC(COc1ccccc1Cl)Cc1ccccc1. The number of halogens is 1. The Hall–Kier alpha value is -1.51. The maximum Gasteiger partial charge on any atom is 0.138 e. The number of aliphatic hydroxyl groups is 1. The zero-order valence-corrected chi connectivity index (χ0v) is 10.7. The predicted octanol–water partition coefficient (Wildman–Crippen LogP) is 3.32.